The van der Waals surface area contributed by atoms with Crippen molar-refractivity contribution in [2.75, 3.05) is 39.8 Å². The second kappa shape index (κ2) is 8.08. The van der Waals surface area contributed by atoms with E-state index in [2.05, 4.69) is 0 Å². The van der Waals surface area contributed by atoms with Crippen molar-refractivity contribution in [3.63, 3.8) is 0 Å². The highest BCUT2D eigenvalue weighted by atomic mass is 16.5. The number of benzene rings is 1. The van der Waals surface area contributed by atoms with Gasteiger partial charge in [0.2, 0.25) is 11.8 Å². The molecule has 23 heavy (non-hydrogen) atoms. The van der Waals surface area contributed by atoms with Crippen LogP contribution < -0.4 is 5.73 Å². The number of rotatable bonds is 6. The Morgan fingerprint density at radius 2 is 2.09 bits per heavy atom. The average molecular weight is 319 g/mol. The normalized spacial score (nSPS) is 19.6. The molecule has 2 N–H and O–H groups in total. The number of nitrogens with two attached hydrogens (primary N) is 1. The van der Waals surface area contributed by atoms with Crippen LogP contribution in [-0.4, -0.2) is 67.6 Å². The third kappa shape index (κ3) is 5.04. The topological polar surface area (TPSA) is 75.9 Å². The molecule has 0 aliphatic carbocycles. The molecule has 1 aliphatic heterocycles. The van der Waals surface area contributed by atoms with Gasteiger partial charge >= 0.3 is 0 Å². The highest BCUT2D eigenvalue weighted by Gasteiger charge is 2.28. The Labute approximate surface area is 137 Å². The maximum atomic E-state index is 12.7. The molecular formula is C17H25N3O3. The zero-order valence-corrected chi connectivity index (χ0v) is 13.8. The molecule has 6 heteroatoms. The summed E-state index contributed by atoms with van der Waals surface area (Å²) in [5.74, 6) is -0.422. The number of nitrogens with zero attached hydrogens (tertiary/aromatic N) is 2. The first-order valence-electron chi connectivity index (χ1n) is 7.89. The second-order valence-corrected chi connectivity index (χ2v) is 6.07. The van der Waals surface area contributed by atoms with Gasteiger partial charge < -0.3 is 15.4 Å². The van der Waals surface area contributed by atoms with E-state index in [-0.39, 0.29) is 30.4 Å². The van der Waals surface area contributed by atoms with E-state index in [1.807, 2.05) is 54.1 Å². The summed E-state index contributed by atoms with van der Waals surface area (Å²) >= 11 is 0. The van der Waals surface area contributed by atoms with Gasteiger partial charge in [0.05, 0.1) is 25.2 Å². The molecule has 6 nitrogen and oxygen atoms in total. The molecule has 1 fully saturated rings. The zero-order chi connectivity index (χ0) is 16.8. The lowest BCUT2D eigenvalue weighted by atomic mass is 9.99. The number of morpholine rings is 1. The molecule has 1 aromatic rings. The number of ether oxygens (including phenoxy) is 1. The van der Waals surface area contributed by atoms with Crippen LogP contribution in [-0.2, 0) is 14.3 Å². The van der Waals surface area contributed by atoms with Crippen molar-refractivity contribution in [2.45, 2.75) is 18.9 Å². The van der Waals surface area contributed by atoms with Gasteiger partial charge in [-0.1, -0.05) is 30.3 Å². The van der Waals surface area contributed by atoms with Crippen LogP contribution in [0.3, 0.4) is 0 Å². The van der Waals surface area contributed by atoms with Crippen LogP contribution in [0.15, 0.2) is 30.3 Å². The summed E-state index contributed by atoms with van der Waals surface area (Å²) in [7, 11) is 1.82. The summed E-state index contributed by atoms with van der Waals surface area (Å²) in [4.78, 5) is 27.3. The van der Waals surface area contributed by atoms with Crippen molar-refractivity contribution in [3.05, 3.63) is 35.9 Å². The number of hydrogen-bond acceptors (Lipinski definition) is 4. The third-order valence-electron chi connectivity index (χ3n) is 4.06. The fourth-order valence-electron chi connectivity index (χ4n) is 2.87. The van der Waals surface area contributed by atoms with E-state index in [1.165, 1.54) is 0 Å². The van der Waals surface area contributed by atoms with Crippen LogP contribution in [0.2, 0.25) is 0 Å². The molecule has 2 rings (SSSR count). The van der Waals surface area contributed by atoms with Crippen molar-refractivity contribution in [1.29, 1.82) is 0 Å². The van der Waals surface area contributed by atoms with E-state index in [1.54, 1.807) is 0 Å². The van der Waals surface area contributed by atoms with Gasteiger partial charge in [-0.15, -0.1) is 0 Å². The molecule has 0 saturated carbocycles. The van der Waals surface area contributed by atoms with Crippen molar-refractivity contribution in [1.82, 2.24) is 9.80 Å². The van der Waals surface area contributed by atoms with Gasteiger partial charge in [0.25, 0.3) is 0 Å². The Balaban J connectivity index is 1.92. The molecule has 1 heterocycles. The molecule has 2 atom stereocenters. The minimum atomic E-state index is -0.367. The van der Waals surface area contributed by atoms with Crippen LogP contribution >= 0.6 is 0 Å². The lowest BCUT2D eigenvalue weighted by Crippen LogP contribution is -2.50. The fourth-order valence-corrected chi connectivity index (χ4v) is 2.87. The number of hydrogen-bond donors (Lipinski definition) is 1. The van der Waals surface area contributed by atoms with Gasteiger partial charge in [-0.2, -0.15) is 0 Å². The Morgan fingerprint density at radius 1 is 1.39 bits per heavy atom. The standard InChI is InChI=1S/C17H25N3O3/c1-13(14-6-4-3-5-7-14)17(22)20-8-9-23-15(11-20)10-19(2)12-16(18)21/h3-7,13,15H,8-12H2,1-2H3,(H2,18,21). The molecule has 1 aliphatic rings. The van der Waals surface area contributed by atoms with Gasteiger partial charge in [-0.3, -0.25) is 14.5 Å². The molecule has 2 amide bonds. The van der Waals surface area contributed by atoms with Crippen LogP contribution in [0.5, 0.6) is 0 Å². The van der Waals surface area contributed by atoms with E-state index < -0.39 is 0 Å². The van der Waals surface area contributed by atoms with E-state index >= 15 is 0 Å². The van der Waals surface area contributed by atoms with E-state index in [0.29, 0.717) is 26.2 Å². The summed E-state index contributed by atoms with van der Waals surface area (Å²) in [6, 6.07) is 9.78. The highest BCUT2D eigenvalue weighted by Crippen LogP contribution is 2.19. The van der Waals surface area contributed by atoms with Crippen molar-refractivity contribution in [2.24, 2.45) is 5.73 Å². The minimum absolute atomic E-state index is 0.0972. The summed E-state index contributed by atoms with van der Waals surface area (Å²) in [5, 5.41) is 0. The van der Waals surface area contributed by atoms with Gasteiger partial charge in [0.1, 0.15) is 0 Å². The Bertz CT molecular complexity index is 535. The molecule has 1 saturated heterocycles. The first-order chi connectivity index (χ1) is 11.0. The van der Waals surface area contributed by atoms with Gasteiger partial charge in [-0.05, 0) is 19.5 Å². The van der Waals surface area contributed by atoms with Crippen molar-refractivity contribution in [3.8, 4) is 0 Å². The van der Waals surface area contributed by atoms with Crippen LogP contribution in [0.25, 0.3) is 0 Å². The number of carbonyl (C=O) groups is 2. The molecule has 0 aromatic heterocycles. The SMILES string of the molecule is CC(C(=O)N1CCOC(CN(C)CC(N)=O)C1)c1ccccc1. The predicted octanol–water partition coefficient (Wildman–Crippen LogP) is 0.435. The molecule has 2 unspecified atom stereocenters. The fraction of sp³-hybridized carbons (Fsp3) is 0.529. The first kappa shape index (κ1) is 17.4. The molecule has 0 spiro atoms. The van der Waals surface area contributed by atoms with Crippen LogP contribution in [0, 0.1) is 0 Å². The van der Waals surface area contributed by atoms with Crippen LogP contribution in [0.1, 0.15) is 18.4 Å². The molecule has 0 bridgehead atoms. The molecule has 1 aromatic carbocycles. The number of primary amides is 1. The van der Waals surface area contributed by atoms with E-state index in [0.717, 1.165) is 5.56 Å². The largest absolute Gasteiger partial charge is 0.373 e. The summed E-state index contributed by atoms with van der Waals surface area (Å²) < 4.78 is 5.71. The molecule has 0 radical (unpaired) electrons. The third-order valence-corrected chi connectivity index (χ3v) is 4.06. The van der Waals surface area contributed by atoms with Gasteiger partial charge in [0.15, 0.2) is 0 Å². The van der Waals surface area contributed by atoms with Crippen molar-refractivity contribution >= 4 is 11.8 Å². The number of carbonyl (C=O) groups excluding carboxylic acids is 2. The smallest absolute Gasteiger partial charge is 0.231 e. The minimum Gasteiger partial charge on any atom is -0.373 e. The Morgan fingerprint density at radius 3 is 2.74 bits per heavy atom. The maximum absolute atomic E-state index is 12.7. The van der Waals surface area contributed by atoms with E-state index in [4.69, 9.17) is 10.5 Å². The monoisotopic (exact) mass is 319 g/mol. The molecular weight excluding hydrogens is 294 g/mol. The molecule has 126 valence electrons. The van der Waals surface area contributed by atoms with Crippen molar-refractivity contribution < 1.29 is 14.3 Å². The number of amides is 2. The van der Waals surface area contributed by atoms with E-state index in [9.17, 15) is 9.59 Å². The summed E-state index contributed by atoms with van der Waals surface area (Å²) in [6.07, 6.45) is -0.0972. The second-order valence-electron chi connectivity index (χ2n) is 6.07. The van der Waals surface area contributed by atoms with Gasteiger partial charge in [0, 0.05) is 19.6 Å². The Hall–Kier alpha value is -1.92. The number of likely N-dealkylation sites (N-methyl/N-ethyl adjacent to an activating group) is 1. The van der Waals surface area contributed by atoms with Crippen LogP contribution in [0.4, 0.5) is 0 Å². The maximum Gasteiger partial charge on any atom is 0.231 e. The Kier molecular flexibility index (Phi) is 6.12. The quantitative estimate of drug-likeness (QED) is 0.825. The highest BCUT2D eigenvalue weighted by molar-refractivity contribution is 5.83. The lowest BCUT2D eigenvalue weighted by Gasteiger charge is -2.36. The zero-order valence-electron chi connectivity index (χ0n) is 13.8. The average Bonchev–Trinajstić information content (AvgIpc) is 2.53. The predicted molar refractivity (Wildman–Crippen MR) is 87.9 cm³/mol. The first-order valence-corrected chi connectivity index (χ1v) is 7.89. The summed E-state index contributed by atoms with van der Waals surface area (Å²) in [6.45, 7) is 4.36. The lowest BCUT2D eigenvalue weighted by molar-refractivity contribution is -0.141. The summed E-state index contributed by atoms with van der Waals surface area (Å²) in [5.41, 5.74) is 6.21. The van der Waals surface area contributed by atoms with Gasteiger partial charge in [-0.25, -0.2) is 0 Å².